The lowest BCUT2D eigenvalue weighted by Crippen LogP contribution is -2.24. The maximum absolute atomic E-state index is 4.29. The summed E-state index contributed by atoms with van der Waals surface area (Å²) in [5, 5.41) is 5.61. The molecule has 0 bridgehead atoms. The zero-order valence-corrected chi connectivity index (χ0v) is 11.8. The van der Waals surface area contributed by atoms with E-state index in [-0.39, 0.29) is 0 Å². The minimum absolute atomic E-state index is 0.560. The lowest BCUT2D eigenvalue weighted by molar-refractivity contribution is 0.460. The molecule has 96 valence electrons. The lowest BCUT2D eigenvalue weighted by Gasteiger charge is -2.21. The van der Waals surface area contributed by atoms with Gasteiger partial charge in [0.1, 0.15) is 0 Å². The standard InChI is InChI=1S/C15H20N2S/c1-12(2)15(13-6-4-3-5-7-13)9-16-8-14-10-18-11-17-14/h3-7,10-12,15-16H,8-9H2,1-2H3. The minimum atomic E-state index is 0.560. The van der Waals surface area contributed by atoms with Crippen molar-refractivity contribution >= 4 is 11.3 Å². The third-order valence-electron chi connectivity index (χ3n) is 3.19. The molecule has 2 rings (SSSR count). The molecule has 2 nitrogen and oxygen atoms in total. The molecule has 0 fully saturated rings. The molecule has 0 saturated carbocycles. The Hall–Kier alpha value is -1.19. The van der Waals surface area contributed by atoms with Crippen molar-refractivity contribution in [3.63, 3.8) is 0 Å². The highest BCUT2D eigenvalue weighted by Gasteiger charge is 2.14. The van der Waals surface area contributed by atoms with Crippen molar-refractivity contribution < 1.29 is 0 Å². The normalized spacial score (nSPS) is 12.8. The van der Waals surface area contributed by atoms with Crippen molar-refractivity contribution in [2.75, 3.05) is 6.54 Å². The Morgan fingerprint density at radius 1 is 1.22 bits per heavy atom. The van der Waals surface area contributed by atoms with Crippen LogP contribution in [0.1, 0.15) is 31.0 Å². The van der Waals surface area contributed by atoms with Crippen LogP contribution < -0.4 is 5.32 Å². The van der Waals surface area contributed by atoms with Gasteiger partial charge in [0, 0.05) is 18.5 Å². The summed E-state index contributed by atoms with van der Waals surface area (Å²) >= 11 is 1.65. The molecular formula is C15H20N2S. The van der Waals surface area contributed by atoms with Crippen molar-refractivity contribution in [3.05, 3.63) is 52.5 Å². The third kappa shape index (κ3) is 3.65. The summed E-state index contributed by atoms with van der Waals surface area (Å²) in [4.78, 5) is 4.29. The maximum Gasteiger partial charge on any atom is 0.0795 e. The van der Waals surface area contributed by atoms with Crippen LogP contribution in [0, 0.1) is 5.92 Å². The molecule has 2 aromatic rings. The van der Waals surface area contributed by atoms with Crippen molar-refractivity contribution in [2.45, 2.75) is 26.3 Å². The predicted octanol–water partition coefficient (Wildman–Crippen LogP) is 3.67. The van der Waals surface area contributed by atoms with Crippen LogP contribution in [-0.2, 0) is 6.54 Å². The average molecular weight is 260 g/mol. The fraction of sp³-hybridized carbons (Fsp3) is 0.400. The van der Waals surface area contributed by atoms with Crippen molar-refractivity contribution in [3.8, 4) is 0 Å². The average Bonchev–Trinajstić information content (AvgIpc) is 2.88. The molecule has 1 unspecified atom stereocenters. The zero-order chi connectivity index (χ0) is 12.8. The van der Waals surface area contributed by atoms with Crippen LogP contribution in [0.15, 0.2) is 41.2 Å². The molecule has 1 aromatic heterocycles. The molecule has 0 aliphatic rings. The Morgan fingerprint density at radius 2 is 2.00 bits per heavy atom. The summed E-state index contributed by atoms with van der Waals surface area (Å²) in [7, 11) is 0. The molecule has 1 atom stereocenters. The quantitative estimate of drug-likeness (QED) is 0.857. The largest absolute Gasteiger partial charge is 0.311 e. The van der Waals surface area contributed by atoms with E-state index in [1.54, 1.807) is 11.3 Å². The molecule has 0 radical (unpaired) electrons. The van der Waals surface area contributed by atoms with E-state index in [4.69, 9.17) is 0 Å². The topological polar surface area (TPSA) is 24.9 Å². The molecule has 1 heterocycles. The first kappa shape index (κ1) is 13.2. The number of aromatic nitrogens is 1. The highest BCUT2D eigenvalue weighted by Crippen LogP contribution is 2.23. The minimum Gasteiger partial charge on any atom is -0.311 e. The third-order valence-corrected chi connectivity index (χ3v) is 3.82. The summed E-state index contributed by atoms with van der Waals surface area (Å²) in [5.74, 6) is 1.19. The van der Waals surface area contributed by atoms with E-state index >= 15 is 0 Å². The Morgan fingerprint density at radius 3 is 2.61 bits per heavy atom. The molecular weight excluding hydrogens is 240 g/mol. The fourth-order valence-corrected chi connectivity index (χ4v) is 2.68. The lowest BCUT2D eigenvalue weighted by atomic mass is 9.88. The van der Waals surface area contributed by atoms with Gasteiger partial charge in [-0.1, -0.05) is 44.2 Å². The molecule has 0 aliphatic heterocycles. The van der Waals surface area contributed by atoms with E-state index in [2.05, 4.69) is 59.9 Å². The van der Waals surface area contributed by atoms with E-state index in [1.807, 2.05) is 5.51 Å². The molecule has 0 saturated heterocycles. The number of thiazole rings is 1. The van der Waals surface area contributed by atoms with Crippen LogP contribution in [0.2, 0.25) is 0 Å². The van der Waals surface area contributed by atoms with Crippen LogP contribution in [0.25, 0.3) is 0 Å². The van der Waals surface area contributed by atoms with Crippen LogP contribution in [0.3, 0.4) is 0 Å². The predicted molar refractivity (Wildman–Crippen MR) is 77.8 cm³/mol. The van der Waals surface area contributed by atoms with E-state index < -0.39 is 0 Å². The van der Waals surface area contributed by atoms with Gasteiger partial charge >= 0.3 is 0 Å². The molecule has 0 aliphatic carbocycles. The Kier molecular flexibility index (Phi) is 4.90. The summed E-state index contributed by atoms with van der Waals surface area (Å²) in [6.45, 7) is 6.42. The number of nitrogens with one attached hydrogen (secondary N) is 1. The van der Waals surface area contributed by atoms with Gasteiger partial charge in [0.25, 0.3) is 0 Å². The van der Waals surface area contributed by atoms with E-state index in [1.165, 1.54) is 5.56 Å². The van der Waals surface area contributed by atoms with Gasteiger partial charge in [-0.25, -0.2) is 4.98 Å². The first-order chi connectivity index (χ1) is 8.77. The summed E-state index contributed by atoms with van der Waals surface area (Å²) in [6.07, 6.45) is 0. The summed E-state index contributed by atoms with van der Waals surface area (Å²) in [6, 6.07) is 10.7. The Balaban J connectivity index is 1.91. The van der Waals surface area contributed by atoms with Crippen molar-refractivity contribution in [2.24, 2.45) is 5.92 Å². The van der Waals surface area contributed by atoms with E-state index in [0.29, 0.717) is 11.8 Å². The second-order valence-electron chi connectivity index (χ2n) is 4.87. The summed E-state index contributed by atoms with van der Waals surface area (Å²) < 4.78 is 0. The number of nitrogens with zero attached hydrogens (tertiary/aromatic N) is 1. The van der Waals surface area contributed by atoms with Gasteiger partial charge in [0.2, 0.25) is 0 Å². The summed E-state index contributed by atoms with van der Waals surface area (Å²) in [5.41, 5.74) is 4.43. The zero-order valence-electron chi connectivity index (χ0n) is 11.0. The first-order valence-electron chi connectivity index (χ1n) is 6.40. The van der Waals surface area contributed by atoms with Gasteiger partial charge in [-0.15, -0.1) is 11.3 Å². The highest BCUT2D eigenvalue weighted by atomic mass is 32.1. The number of benzene rings is 1. The van der Waals surface area contributed by atoms with Crippen molar-refractivity contribution in [1.82, 2.24) is 10.3 Å². The van der Waals surface area contributed by atoms with Crippen LogP contribution in [-0.4, -0.2) is 11.5 Å². The molecule has 1 aromatic carbocycles. The van der Waals surface area contributed by atoms with E-state index in [0.717, 1.165) is 18.8 Å². The molecule has 3 heteroatoms. The smallest absolute Gasteiger partial charge is 0.0795 e. The second kappa shape index (κ2) is 6.66. The SMILES string of the molecule is CC(C)C(CNCc1cscn1)c1ccccc1. The van der Waals surface area contributed by atoms with Gasteiger partial charge < -0.3 is 5.32 Å². The molecule has 18 heavy (non-hydrogen) atoms. The van der Waals surface area contributed by atoms with Crippen LogP contribution >= 0.6 is 11.3 Å². The second-order valence-corrected chi connectivity index (χ2v) is 5.59. The van der Waals surface area contributed by atoms with Crippen molar-refractivity contribution in [1.29, 1.82) is 0 Å². The van der Waals surface area contributed by atoms with Gasteiger partial charge in [-0.2, -0.15) is 0 Å². The van der Waals surface area contributed by atoms with E-state index in [9.17, 15) is 0 Å². The Labute approximate surface area is 113 Å². The van der Waals surface area contributed by atoms with Crippen LogP contribution in [0.4, 0.5) is 0 Å². The Bertz CT molecular complexity index is 437. The number of hydrogen-bond donors (Lipinski definition) is 1. The maximum atomic E-state index is 4.29. The fourth-order valence-electron chi connectivity index (χ4n) is 2.12. The van der Waals surface area contributed by atoms with Gasteiger partial charge in [0.05, 0.1) is 11.2 Å². The van der Waals surface area contributed by atoms with Gasteiger partial charge in [-0.3, -0.25) is 0 Å². The molecule has 1 N–H and O–H groups in total. The van der Waals surface area contributed by atoms with Crippen LogP contribution in [0.5, 0.6) is 0 Å². The van der Waals surface area contributed by atoms with Gasteiger partial charge in [0.15, 0.2) is 0 Å². The first-order valence-corrected chi connectivity index (χ1v) is 7.34. The molecule has 0 spiro atoms. The van der Waals surface area contributed by atoms with Gasteiger partial charge in [-0.05, 0) is 17.4 Å². The number of hydrogen-bond acceptors (Lipinski definition) is 3. The molecule has 0 amide bonds. The number of rotatable bonds is 6. The highest BCUT2D eigenvalue weighted by molar-refractivity contribution is 7.07. The monoisotopic (exact) mass is 260 g/mol.